The van der Waals surface area contributed by atoms with Crippen molar-refractivity contribution < 1.29 is 27.6 Å². The Bertz CT molecular complexity index is 642. The molecule has 37 heavy (non-hydrogen) atoms. The summed E-state index contributed by atoms with van der Waals surface area (Å²) in [5.74, 6) is 1.50. The van der Waals surface area contributed by atoms with Gasteiger partial charge in [0.1, 0.15) is 0 Å². The quantitative estimate of drug-likeness (QED) is 0.271. The van der Waals surface area contributed by atoms with Gasteiger partial charge < -0.3 is 33.5 Å². The zero-order valence-electron chi connectivity index (χ0n) is 24.0. The fraction of sp³-hybridized carbons (Fsp3) is 0.926. The molecular formula is C27H53N3O6Si. The van der Waals surface area contributed by atoms with Crippen molar-refractivity contribution in [2.45, 2.75) is 109 Å². The van der Waals surface area contributed by atoms with E-state index in [-0.39, 0.29) is 24.2 Å². The van der Waals surface area contributed by atoms with Gasteiger partial charge in [0.25, 0.3) is 0 Å². The highest BCUT2D eigenvalue weighted by molar-refractivity contribution is 6.60. The summed E-state index contributed by atoms with van der Waals surface area (Å²) in [5, 5.41) is 6.32. The second-order valence-corrected chi connectivity index (χ2v) is 13.8. The van der Waals surface area contributed by atoms with Gasteiger partial charge in [-0.1, -0.05) is 13.3 Å². The van der Waals surface area contributed by atoms with Crippen molar-refractivity contribution in [2.75, 3.05) is 41.0 Å². The summed E-state index contributed by atoms with van der Waals surface area (Å²) in [6.45, 7) is 5.85. The van der Waals surface area contributed by atoms with Crippen LogP contribution in [0.25, 0.3) is 0 Å². The van der Waals surface area contributed by atoms with Gasteiger partial charge >= 0.3 is 20.9 Å². The minimum absolute atomic E-state index is 0.0591. The van der Waals surface area contributed by atoms with Crippen molar-refractivity contribution in [3.63, 3.8) is 0 Å². The molecule has 0 aromatic carbocycles. The molecule has 0 unspecified atom stereocenters. The number of hydrogen-bond acceptors (Lipinski definition) is 6. The number of carbonyl (C=O) groups is 2. The number of rotatable bonds is 15. The first kappa shape index (κ1) is 31.9. The molecule has 2 aliphatic rings. The molecule has 10 heteroatoms. The number of ether oxygens (including phenoxy) is 1. The molecule has 216 valence electrons. The summed E-state index contributed by atoms with van der Waals surface area (Å²) in [7, 11) is 2.28. The highest BCUT2D eigenvalue weighted by Crippen LogP contribution is 2.35. The van der Waals surface area contributed by atoms with Crippen molar-refractivity contribution in [1.82, 2.24) is 15.5 Å². The first-order valence-corrected chi connectivity index (χ1v) is 16.5. The van der Waals surface area contributed by atoms with Crippen molar-refractivity contribution in [2.24, 2.45) is 11.8 Å². The van der Waals surface area contributed by atoms with Crippen LogP contribution in [-0.4, -0.2) is 78.9 Å². The molecule has 0 heterocycles. The smallest absolute Gasteiger partial charge is 0.450 e. The number of unbranched alkanes of at least 4 members (excludes halogenated alkanes) is 1. The lowest BCUT2D eigenvalue weighted by molar-refractivity contribution is 0.121. The van der Waals surface area contributed by atoms with Crippen molar-refractivity contribution >= 4 is 20.9 Å². The lowest BCUT2D eigenvalue weighted by Gasteiger charge is -2.35. The molecule has 0 aromatic rings. The van der Waals surface area contributed by atoms with Crippen molar-refractivity contribution in [3.8, 4) is 0 Å². The van der Waals surface area contributed by atoms with Gasteiger partial charge in [-0.2, -0.15) is 0 Å². The maximum absolute atomic E-state index is 13.1. The number of urea groups is 1. The molecule has 2 aliphatic carbocycles. The van der Waals surface area contributed by atoms with E-state index in [1.54, 1.807) is 21.3 Å². The highest BCUT2D eigenvalue weighted by Gasteiger charge is 2.37. The Morgan fingerprint density at radius 3 is 1.78 bits per heavy atom. The van der Waals surface area contributed by atoms with Crippen LogP contribution in [0, 0.1) is 11.8 Å². The zero-order chi connectivity index (χ0) is 27.1. The van der Waals surface area contributed by atoms with Gasteiger partial charge in [0.2, 0.25) is 0 Å². The molecule has 0 aliphatic heterocycles. The average Bonchev–Trinajstić information content (AvgIpc) is 2.91. The molecule has 2 rings (SSSR count). The Labute approximate surface area is 226 Å². The topological polar surface area (TPSA) is 98.4 Å². The molecule has 0 bridgehead atoms. The van der Waals surface area contributed by atoms with Gasteiger partial charge in [0.15, 0.2) is 0 Å². The maximum atomic E-state index is 13.1. The second kappa shape index (κ2) is 17.3. The second-order valence-electron chi connectivity index (χ2n) is 10.7. The summed E-state index contributed by atoms with van der Waals surface area (Å²) in [4.78, 5) is 26.7. The van der Waals surface area contributed by atoms with E-state index < -0.39 is 8.80 Å². The van der Waals surface area contributed by atoms with Gasteiger partial charge in [-0.25, -0.2) is 9.59 Å². The number of carbonyl (C=O) groups excluding carboxylic acids is 2. The Hall–Kier alpha value is -1.36. The molecule has 0 aromatic heterocycles. The van der Waals surface area contributed by atoms with Gasteiger partial charge in [0.05, 0.1) is 6.61 Å². The third-order valence-electron chi connectivity index (χ3n) is 8.20. The van der Waals surface area contributed by atoms with E-state index >= 15 is 0 Å². The number of amides is 3. The van der Waals surface area contributed by atoms with Crippen LogP contribution in [0.4, 0.5) is 9.59 Å². The molecule has 2 saturated carbocycles. The van der Waals surface area contributed by atoms with Crippen LogP contribution in [0.2, 0.25) is 6.04 Å². The predicted molar refractivity (Wildman–Crippen MR) is 147 cm³/mol. The fourth-order valence-corrected chi connectivity index (χ4v) is 7.57. The molecule has 9 nitrogen and oxygen atoms in total. The zero-order valence-corrected chi connectivity index (χ0v) is 25.0. The maximum Gasteiger partial charge on any atom is 0.500 e. The molecular weight excluding hydrogens is 490 g/mol. The first-order chi connectivity index (χ1) is 17.9. The Morgan fingerprint density at radius 2 is 1.30 bits per heavy atom. The summed E-state index contributed by atoms with van der Waals surface area (Å²) < 4.78 is 21.6. The summed E-state index contributed by atoms with van der Waals surface area (Å²) in [5.41, 5.74) is 0. The predicted octanol–water partition coefficient (Wildman–Crippen LogP) is 5.32. The summed E-state index contributed by atoms with van der Waals surface area (Å²) >= 11 is 0. The number of alkyl carbamates (subject to hydrolysis) is 1. The molecule has 2 fully saturated rings. The first-order valence-electron chi connectivity index (χ1n) is 14.5. The SMILES string of the molecule is CCCCN(CCC[Si](OC)(OC)OC)C(=O)NC1CCC(CC2CCC(NC(=O)OCC)CC2)CC1. The van der Waals surface area contributed by atoms with E-state index in [2.05, 4.69) is 17.6 Å². The van der Waals surface area contributed by atoms with E-state index in [0.717, 1.165) is 63.3 Å². The molecule has 0 atom stereocenters. The van der Waals surface area contributed by atoms with E-state index in [1.165, 1.54) is 32.1 Å². The third-order valence-corrected chi connectivity index (χ3v) is 11.0. The van der Waals surface area contributed by atoms with Gasteiger partial charge in [-0.15, -0.1) is 0 Å². The van der Waals surface area contributed by atoms with E-state index in [1.807, 2.05) is 11.8 Å². The molecule has 0 saturated heterocycles. The number of nitrogens with zero attached hydrogens (tertiary/aromatic N) is 1. The Morgan fingerprint density at radius 1 is 0.784 bits per heavy atom. The molecule has 3 amide bonds. The minimum atomic E-state index is -2.62. The van der Waals surface area contributed by atoms with Crippen LogP contribution in [0.15, 0.2) is 0 Å². The van der Waals surface area contributed by atoms with Crippen LogP contribution < -0.4 is 10.6 Å². The number of hydrogen-bond donors (Lipinski definition) is 2. The number of nitrogens with one attached hydrogen (secondary N) is 2. The molecule has 2 N–H and O–H groups in total. The minimum Gasteiger partial charge on any atom is -0.450 e. The van der Waals surface area contributed by atoms with Crippen molar-refractivity contribution in [1.29, 1.82) is 0 Å². The van der Waals surface area contributed by atoms with E-state index in [9.17, 15) is 9.59 Å². The Kier molecular flexibility index (Phi) is 14.9. The van der Waals surface area contributed by atoms with Gasteiger partial charge in [-0.3, -0.25) is 0 Å². The van der Waals surface area contributed by atoms with E-state index in [0.29, 0.717) is 19.2 Å². The van der Waals surface area contributed by atoms with Crippen molar-refractivity contribution in [3.05, 3.63) is 0 Å². The van der Waals surface area contributed by atoms with Gasteiger partial charge in [-0.05, 0) is 89.4 Å². The van der Waals surface area contributed by atoms with Crippen LogP contribution >= 0.6 is 0 Å². The molecule has 0 radical (unpaired) electrons. The fourth-order valence-electron chi connectivity index (χ4n) is 5.87. The van der Waals surface area contributed by atoms with Crippen LogP contribution in [0.3, 0.4) is 0 Å². The lowest BCUT2D eigenvalue weighted by atomic mass is 9.76. The standard InChI is InChI=1S/C27H53N3O6Si/c1-6-8-18-30(19-9-20-37(33-3,34-4)35-5)26(31)28-24-14-10-22(11-15-24)21-23-12-16-25(17-13-23)29-27(32)36-7-2/h22-25H,6-21H2,1-5H3,(H,28,31)(H,29,32). The normalized spacial score (nSPS) is 24.4. The highest BCUT2D eigenvalue weighted by atomic mass is 28.4. The van der Waals surface area contributed by atoms with Gasteiger partial charge in [0, 0.05) is 52.5 Å². The van der Waals surface area contributed by atoms with E-state index in [4.69, 9.17) is 18.0 Å². The average molecular weight is 544 g/mol. The summed E-state index contributed by atoms with van der Waals surface area (Å²) in [6.07, 6.45) is 12.8. The van der Waals surface area contributed by atoms with Crippen LogP contribution in [-0.2, 0) is 18.0 Å². The monoisotopic (exact) mass is 543 g/mol. The summed E-state index contributed by atoms with van der Waals surface area (Å²) in [6, 6.07) is 1.28. The van der Waals surface area contributed by atoms with Crippen LogP contribution in [0.1, 0.15) is 90.9 Å². The van der Waals surface area contributed by atoms with Crippen LogP contribution in [0.5, 0.6) is 0 Å². The largest absolute Gasteiger partial charge is 0.500 e. The Balaban J connectivity index is 1.71. The lowest BCUT2D eigenvalue weighted by Crippen LogP contribution is -2.48. The third kappa shape index (κ3) is 11.1. The molecule has 0 spiro atoms.